The quantitative estimate of drug-likeness (QED) is 0.687. The Morgan fingerprint density at radius 3 is 2.74 bits per heavy atom. The Kier molecular flexibility index (Phi) is 7.20. The van der Waals surface area contributed by atoms with Crippen molar-refractivity contribution in [2.24, 2.45) is 0 Å². The second kappa shape index (κ2) is 9.18. The van der Waals surface area contributed by atoms with Gasteiger partial charge >= 0.3 is 6.09 Å². The molecule has 10 heteroatoms. The van der Waals surface area contributed by atoms with Gasteiger partial charge < -0.3 is 19.8 Å². The zero-order chi connectivity index (χ0) is 20.0. The summed E-state index contributed by atoms with van der Waals surface area (Å²) in [6, 6.07) is 3.00. The maximum Gasteiger partial charge on any atom is 0.408 e. The highest BCUT2D eigenvalue weighted by Crippen LogP contribution is 2.17. The Morgan fingerprint density at radius 1 is 1.37 bits per heavy atom. The smallest absolute Gasteiger partial charge is 0.408 e. The van der Waals surface area contributed by atoms with Crippen molar-refractivity contribution >= 4 is 33.6 Å². The molecule has 0 bridgehead atoms. The molecule has 1 atom stereocenters. The van der Waals surface area contributed by atoms with Crippen LogP contribution in [0.2, 0.25) is 5.02 Å². The van der Waals surface area contributed by atoms with Crippen LogP contribution in [0.4, 0.5) is 4.79 Å². The molecule has 0 aromatic carbocycles. The van der Waals surface area contributed by atoms with Crippen molar-refractivity contribution in [3.8, 4) is 5.88 Å². The minimum Gasteiger partial charge on any atom is -0.474 e. The van der Waals surface area contributed by atoms with Gasteiger partial charge in [-0.1, -0.05) is 11.6 Å². The Bertz CT molecular complexity index is 836. The van der Waals surface area contributed by atoms with Crippen molar-refractivity contribution < 1.29 is 14.3 Å². The number of halogens is 2. The van der Waals surface area contributed by atoms with E-state index in [1.165, 1.54) is 12.5 Å². The van der Waals surface area contributed by atoms with Gasteiger partial charge in [-0.3, -0.25) is 9.78 Å². The zero-order valence-electron chi connectivity index (χ0n) is 15.1. The molecule has 146 valence electrons. The summed E-state index contributed by atoms with van der Waals surface area (Å²) in [5.74, 6) is 0.124. The van der Waals surface area contributed by atoms with Gasteiger partial charge in [0.05, 0.1) is 17.4 Å². The average Bonchev–Trinajstić information content (AvgIpc) is 2.56. The molecule has 27 heavy (non-hydrogen) atoms. The summed E-state index contributed by atoms with van der Waals surface area (Å²) >= 11 is 8.98. The minimum atomic E-state index is -0.634. The Hall–Kier alpha value is -2.13. The number of nitrogens with one attached hydrogen (secondary N) is 2. The first kappa shape index (κ1) is 21.2. The Balaban J connectivity index is 2.10. The first-order valence-electron chi connectivity index (χ1n) is 8.10. The number of carbonyl (C=O) groups excluding carboxylic acids is 1. The normalized spacial score (nSPS) is 12.3. The largest absolute Gasteiger partial charge is 0.474 e. The number of pyridine rings is 1. The first-order valence-corrected chi connectivity index (χ1v) is 9.27. The van der Waals surface area contributed by atoms with Crippen LogP contribution < -0.4 is 15.6 Å². The second-order valence-corrected chi connectivity index (χ2v) is 7.91. The number of ether oxygens (including phenoxy) is 2. The molecule has 0 saturated heterocycles. The number of aromatic nitrogens is 3. The summed E-state index contributed by atoms with van der Waals surface area (Å²) in [6.45, 7) is 5.38. The van der Waals surface area contributed by atoms with Crippen molar-refractivity contribution in [1.82, 2.24) is 20.3 Å². The van der Waals surface area contributed by atoms with E-state index in [2.05, 4.69) is 36.2 Å². The third-order valence-electron chi connectivity index (χ3n) is 3.15. The van der Waals surface area contributed by atoms with Crippen molar-refractivity contribution in [1.29, 1.82) is 0 Å². The number of hydrogen-bond donors (Lipinski definition) is 2. The van der Waals surface area contributed by atoms with Gasteiger partial charge in [0.2, 0.25) is 5.88 Å². The van der Waals surface area contributed by atoms with Crippen LogP contribution in [0.25, 0.3) is 0 Å². The molecule has 1 amide bonds. The minimum absolute atomic E-state index is 0.0542. The van der Waals surface area contributed by atoms with E-state index in [0.717, 1.165) is 0 Å². The maximum atomic E-state index is 12.1. The summed E-state index contributed by atoms with van der Waals surface area (Å²) in [5, 5.41) is 3.27. The van der Waals surface area contributed by atoms with Gasteiger partial charge in [0.15, 0.2) is 0 Å². The fourth-order valence-electron chi connectivity index (χ4n) is 2.05. The van der Waals surface area contributed by atoms with Crippen LogP contribution in [0.5, 0.6) is 5.88 Å². The molecule has 2 N–H and O–H groups in total. The van der Waals surface area contributed by atoms with Gasteiger partial charge in [-0.2, -0.15) is 0 Å². The third-order valence-corrected chi connectivity index (χ3v) is 4.07. The predicted octanol–water partition coefficient (Wildman–Crippen LogP) is 3.10. The summed E-state index contributed by atoms with van der Waals surface area (Å²) in [5.41, 5.74) is -0.288. The highest BCUT2D eigenvalue weighted by molar-refractivity contribution is 9.10. The molecule has 0 spiro atoms. The SMILES string of the molecule is CC(C)(C)OC(=O)N[C@@H](COc1nc[nH]c(=O)c1Br)Cc1ccc(Cl)cn1. The van der Waals surface area contributed by atoms with Gasteiger partial charge in [0.25, 0.3) is 5.56 Å². The summed E-state index contributed by atoms with van der Waals surface area (Å²) < 4.78 is 11.1. The van der Waals surface area contributed by atoms with E-state index < -0.39 is 17.7 Å². The van der Waals surface area contributed by atoms with Crippen molar-refractivity contribution in [3.63, 3.8) is 0 Å². The molecule has 2 aromatic heterocycles. The number of alkyl carbamates (subject to hydrolysis) is 1. The molecule has 0 radical (unpaired) electrons. The molecule has 0 aliphatic rings. The van der Waals surface area contributed by atoms with E-state index in [4.69, 9.17) is 21.1 Å². The molecule has 2 rings (SSSR count). The van der Waals surface area contributed by atoms with Gasteiger partial charge in [0.1, 0.15) is 16.7 Å². The molecule has 0 unspecified atom stereocenters. The lowest BCUT2D eigenvalue weighted by Crippen LogP contribution is -2.43. The van der Waals surface area contributed by atoms with Crippen LogP contribution in [-0.4, -0.2) is 39.3 Å². The number of rotatable bonds is 6. The molecule has 0 aliphatic heterocycles. The number of H-pyrrole nitrogens is 1. The predicted molar refractivity (Wildman–Crippen MR) is 104 cm³/mol. The van der Waals surface area contributed by atoms with Gasteiger partial charge in [-0.15, -0.1) is 0 Å². The monoisotopic (exact) mass is 458 g/mol. The van der Waals surface area contributed by atoms with Crippen LogP contribution in [-0.2, 0) is 11.2 Å². The third kappa shape index (κ3) is 7.18. The van der Waals surface area contributed by atoms with Crippen LogP contribution in [0, 0.1) is 0 Å². The molecular formula is C17H20BrClN4O4. The molecule has 0 fully saturated rings. The van der Waals surface area contributed by atoms with E-state index in [0.29, 0.717) is 17.1 Å². The standard InChI is InChI=1S/C17H20BrClN4O4/c1-17(2,3)27-16(25)23-12(6-11-5-4-10(19)7-20-11)8-26-15-13(18)14(24)21-9-22-15/h4-5,7,9,12H,6,8H2,1-3H3,(H,23,25)(H,21,22,24)/t12-/m1/s1. The Morgan fingerprint density at radius 2 is 2.11 bits per heavy atom. The second-order valence-electron chi connectivity index (χ2n) is 6.68. The van der Waals surface area contributed by atoms with Gasteiger partial charge in [-0.25, -0.2) is 9.78 Å². The molecule has 8 nitrogen and oxygen atoms in total. The fraction of sp³-hybridized carbons (Fsp3) is 0.412. The topological polar surface area (TPSA) is 106 Å². The van der Waals surface area contributed by atoms with E-state index >= 15 is 0 Å². The molecule has 2 aromatic rings. The van der Waals surface area contributed by atoms with E-state index in [-0.39, 0.29) is 22.5 Å². The summed E-state index contributed by atoms with van der Waals surface area (Å²) in [6.07, 6.45) is 2.55. The highest BCUT2D eigenvalue weighted by Gasteiger charge is 2.21. The molecule has 0 saturated carbocycles. The lowest BCUT2D eigenvalue weighted by atomic mass is 10.1. The number of carbonyl (C=O) groups is 1. The maximum absolute atomic E-state index is 12.1. The molecule has 0 aliphatic carbocycles. The lowest BCUT2D eigenvalue weighted by Gasteiger charge is -2.23. The molecular weight excluding hydrogens is 440 g/mol. The van der Waals surface area contributed by atoms with Gasteiger partial charge in [0, 0.05) is 18.3 Å². The van der Waals surface area contributed by atoms with Crippen LogP contribution in [0.15, 0.2) is 33.9 Å². The molecule has 2 heterocycles. The fourth-order valence-corrected chi connectivity index (χ4v) is 2.50. The van der Waals surface area contributed by atoms with Crippen molar-refractivity contribution in [3.05, 3.63) is 50.2 Å². The van der Waals surface area contributed by atoms with E-state index in [9.17, 15) is 9.59 Å². The number of nitrogens with zero attached hydrogens (tertiary/aromatic N) is 2. The average molecular weight is 460 g/mol. The van der Waals surface area contributed by atoms with Crippen LogP contribution in [0.3, 0.4) is 0 Å². The summed E-state index contributed by atoms with van der Waals surface area (Å²) in [7, 11) is 0. The lowest BCUT2D eigenvalue weighted by molar-refractivity contribution is 0.0486. The van der Waals surface area contributed by atoms with E-state index in [1.807, 2.05) is 0 Å². The highest BCUT2D eigenvalue weighted by atomic mass is 79.9. The van der Waals surface area contributed by atoms with E-state index in [1.54, 1.807) is 32.9 Å². The number of amides is 1. The number of hydrogen-bond acceptors (Lipinski definition) is 6. The van der Waals surface area contributed by atoms with Crippen molar-refractivity contribution in [2.45, 2.75) is 38.8 Å². The zero-order valence-corrected chi connectivity index (χ0v) is 17.4. The van der Waals surface area contributed by atoms with Crippen LogP contribution in [0.1, 0.15) is 26.5 Å². The van der Waals surface area contributed by atoms with Crippen molar-refractivity contribution in [2.75, 3.05) is 6.61 Å². The van der Waals surface area contributed by atoms with Gasteiger partial charge in [-0.05, 0) is 48.8 Å². The first-order chi connectivity index (χ1) is 12.6. The van der Waals surface area contributed by atoms with Crippen LogP contribution >= 0.6 is 27.5 Å². The number of aromatic amines is 1. The Labute approximate surface area is 169 Å². The summed E-state index contributed by atoms with van der Waals surface area (Å²) in [4.78, 5) is 34.4.